The molecule has 5 heteroatoms. The number of hydrogen-bond acceptors (Lipinski definition) is 3. The topological polar surface area (TPSA) is 70.2 Å². The van der Waals surface area contributed by atoms with Crippen LogP contribution in [0.3, 0.4) is 0 Å². The zero-order valence-corrected chi connectivity index (χ0v) is 11.7. The van der Waals surface area contributed by atoms with Gasteiger partial charge in [0.05, 0.1) is 12.6 Å². The minimum Gasteiger partial charge on any atom is -0.352 e. The summed E-state index contributed by atoms with van der Waals surface area (Å²) in [5.74, 6) is -0.00839. The monoisotopic (exact) mass is 267 g/mol. The predicted molar refractivity (Wildman–Crippen MR) is 73.6 cm³/mol. The zero-order valence-electron chi connectivity index (χ0n) is 11.7. The van der Waals surface area contributed by atoms with Crippen LogP contribution >= 0.6 is 0 Å². The highest BCUT2D eigenvalue weighted by atomic mass is 16.2. The van der Waals surface area contributed by atoms with Crippen molar-refractivity contribution in [1.82, 2.24) is 16.0 Å². The second-order valence-electron chi connectivity index (χ2n) is 5.79. The van der Waals surface area contributed by atoms with E-state index in [1.54, 1.807) is 0 Å². The molecule has 0 saturated heterocycles. The molecule has 2 fully saturated rings. The lowest BCUT2D eigenvalue weighted by Crippen LogP contribution is -2.49. The van der Waals surface area contributed by atoms with Gasteiger partial charge in [-0.25, -0.2) is 0 Å². The van der Waals surface area contributed by atoms with Crippen molar-refractivity contribution in [2.75, 3.05) is 6.54 Å². The van der Waals surface area contributed by atoms with Gasteiger partial charge in [-0.15, -0.1) is 0 Å². The first-order valence-electron chi connectivity index (χ1n) is 7.48. The molecule has 0 bridgehead atoms. The highest BCUT2D eigenvalue weighted by Gasteiger charge is 2.24. The normalized spacial score (nSPS) is 21.7. The number of carbonyl (C=O) groups is 2. The van der Waals surface area contributed by atoms with Gasteiger partial charge in [0.25, 0.3) is 0 Å². The molecule has 2 rings (SSSR count). The molecule has 1 atom stereocenters. The third-order valence-corrected chi connectivity index (χ3v) is 3.86. The summed E-state index contributed by atoms with van der Waals surface area (Å²) in [5, 5.41) is 8.94. The van der Waals surface area contributed by atoms with Crippen LogP contribution < -0.4 is 16.0 Å². The van der Waals surface area contributed by atoms with Crippen LogP contribution in [0.1, 0.15) is 51.9 Å². The Morgan fingerprint density at radius 3 is 2.26 bits per heavy atom. The van der Waals surface area contributed by atoms with Crippen molar-refractivity contribution in [3.63, 3.8) is 0 Å². The summed E-state index contributed by atoms with van der Waals surface area (Å²) in [6.45, 7) is 2.03. The maximum absolute atomic E-state index is 12.0. The molecule has 2 saturated carbocycles. The summed E-state index contributed by atoms with van der Waals surface area (Å²) < 4.78 is 0. The Morgan fingerprint density at radius 1 is 1.00 bits per heavy atom. The van der Waals surface area contributed by atoms with Crippen molar-refractivity contribution in [2.24, 2.45) is 0 Å². The first kappa shape index (κ1) is 14.3. The van der Waals surface area contributed by atoms with Gasteiger partial charge >= 0.3 is 0 Å². The molecule has 19 heavy (non-hydrogen) atoms. The number of carbonyl (C=O) groups excluding carboxylic acids is 2. The van der Waals surface area contributed by atoms with E-state index in [1.807, 2.05) is 6.92 Å². The maximum Gasteiger partial charge on any atom is 0.237 e. The second kappa shape index (κ2) is 6.89. The Kier molecular flexibility index (Phi) is 5.19. The quantitative estimate of drug-likeness (QED) is 0.663. The van der Waals surface area contributed by atoms with E-state index in [2.05, 4.69) is 16.0 Å². The van der Waals surface area contributed by atoms with Gasteiger partial charge in [0.2, 0.25) is 11.8 Å². The van der Waals surface area contributed by atoms with Crippen LogP contribution in [0.2, 0.25) is 0 Å². The van der Waals surface area contributed by atoms with Crippen LogP contribution in [0.4, 0.5) is 0 Å². The van der Waals surface area contributed by atoms with Crippen molar-refractivity contribution >= 4 is 11.8 Å². The molecule has 0 spiro atoms. The third-order valence-electron chi connectivity index (χ3n) is 3.86. The molecule has 0 aromatic rings. The van der Waals surface area contributed by atoms with Gasteiger partial charge < -0.3 is 10.6 Å². The molecule has 0 radical (unpaired) electrons. The van der Waals surface area contributed by atoms with E-state index < -0.39 is 0 Å². The van der Waals surface area contributed by atoms with Crippen LogP contribution in [0.15, 0.2) is 0 Å². The highest BCUT2D eigenvalue weighted by Crippen LogP contribution is 2.18. The molecule has 3 N–H and O–H groups in total. The van der Waals surface area contributed by atoms with Crippen LogP contribution in [0.5, 0.6) is 0 Å². The van der Waals surface area contributed by atoms with Crippen LogP contribution in [0, 0.1) is 0 Å². The fourth-order valence-corrected chi connectivity index (χ4v) is 2.42. The van der Waals surface area contributed by atoms with Gasteiger partial charge in [-0.05, 0) is 32.6 Å². The summed E-state index contributed by atoms with van der Waals surface area (Å²) in [6.07, 6.45) is 8.03. The van der Waals surface area contributed by atoms with Gasteiger partial charge in [0, 0.05) is 12.1 Å². The smallest absolute Gasteiger partial charge is 0.237 e. The first-order chi connectivity index (χ1) is 9.15. The van der Waals surface area contributed by atoms with Gasteiger partial charge in [-0.2, -0.15) is 0 Å². The minimum absolute atomic E-state index is 0.00567. The molecule has 2 aliphatic carbocycles. The van der Waals surface area contributed by atoms with Crippen LogP contribution in [-0.4, -0.2) is 36.5 Å². The highest BCUT2D eigenvalue weighted by molar-refractivity contribution is 5.83. The van der Waals surface area contributed by atoms with Crippen molar-refractivity contribution in [2.45, 2.75) is 70.0 Å². The van der Waals surface area contributed by atoms with Crippen LogP contribution in [0.25, 0.3) is 0 Å². The largest absolute Gasteiger partial charge is 0.352 e. The molecule has 2 amide bonds. The summed E-state index contributed by atoms with van der Waals surface area (Å²) in [4.78, 5) is 23.5. The van der Waals surface area contributed by atoms with Gasteiger partial charge in [0.1, 0.15) is 0 Å². The Hall–Kier alpha value is -1.10. The number of rotatable bonds is 6. The van der Waals surface area contributed by atoms with E-state index in [-0.39, 0.29) is 24.4 Å². The van der Waals surface area contributed by atoms with E-state index in [0.29, 0.717) is 12.1 Å². The Morgan fingerprint density at radius 2 is 1.63 bits per heavy atom. The average molecular weight is 267 g/mol. The molecule has 0 heterocycles. The number of nitrogens with one attached hydrogen (secondary N) is 3. The lowest BCUT2D eigenvalue weighted by atomic mass is 9.95. The first-order valence-corrected chi connectivity index (χ1v) is 7.48. The SMILES string of the molecule is CC(NCC(=O)NC1CC1)C(=O)NC1CCCCC1. The number of amides is 2. The van der Waals surface area contributed by atoms with Crippen LogP contribution in [-0.2, 0) is 9.59 Å². The Bertz CT molecular complexity index is 323. The van der Waals surface area contributed by atoms with Crippen molar-refractivity contribution in [1.29, 1.82) is 0 Å². The molecule has 2 aliphatic rings. The van der Waals surface area contributed by atoms with Gasteiger partial charge in [-0.3, -0.25) is 14.9 Å². The molecule has 0 aromatic carbocycles. The maximum atomic E-state index is 12.0. The standard InChI is InChI=1S/C14H25N3O2/c1-10(15-9-13(18)16-12-7-8-12)14(19)17-11-5-3-2-4-6-11/h10-12,15H,2-9H2,1H3,(H,16,18)(H,17,19). The Balaban J connectivity index is 1.61. The molecular weight excluding hydrogens is 242 g/mol. The number of hydrogen-bond donors (Lipinski definition) is 3. The molecule has 1 unspecified atom stereocenters. The van der Waals surface area contributed by atoms with E-state index in [1.165, 1.54) is 19.3 Å². The molecule has 5 nitrogen and oxygen atoms in total. The zero-order chi connectivity index (χ0) is 13.7. The van der Waals surface area contributed by atoms with E-state index in [9.17, 15) is 9.59 Å². The molecule has 108 valence electrons. The van der Waals surface area contributed by atoms with E-state index >= 15 is 0 Å². The van der Waals surface area contributed by atoms with E-state index in [0.717, 1.165) is 25.7 Å². The lowest BCUT2D eigenvalue weighted by molar-refractivity contribution is -0.124. The second-order valence-corrected chi connectivity index (χ2v) is 5.79. The summed E-state index contributed by atoms with van der Waals surface area (Å²) in [7, 11) is 0. The van der Waals surface area contributed by atoms with Crippen molar-refractivity contribution in [3.05, 3.63) is 0 Å². The minimum atomic E-state index is -0.313. The third kappa shape index (κ3) is 5.19. The fourth-order valence-electron chi connectivity index (χ4n) is 2.42. The summed E-state index contributed by atoms with van der Waals surface area (Å²) in [6, 6.07) is 0.387. The predicted octanol–water partition coefficient (Wildman–Crippen LogP) is 0.692. The lowest BCUT2D eigenvalue weighted by Gasteiger charge is -2.24. The molecular formula is C14H25N3O2. The van der Waals surface area contributed by atoms with E-state index in [4.69, 9.17) is 0 Å². The van der Waals surface area contributed by atoms with Crippen molar-refractivity contribution < 1.29 is 9.59 Å². The summed E-state index contributed by atoms with van der Waals surface area (Å²) in [5.41, 5.74) is 0. The van der Waals surface area contributed by atoms with Gasteiger partial charge in [-0.1, -0.05) is 19.3 Å². The molecule has 0 aliphatic heterocycles. The fraction of sp³-hybridized carbons (Fsp3) is 0.857. The van der Waals surface area contributed by atoms with Crippen molar-refractivity contribution in [3.8, 4) is 0 Å². The average Bonchev–Trinajstić information content (AvgIpc) is 3.21. The molecule has 0 aromatic heterocycles. The summed E-state index contributed by atoms with van der Waals surface area (Å²) >= 11 is 0. The Labute approximate surface area is 114 Å². The van der Waals surface area contributed by atoms with Gasteiger partial charge in [0.15, 0.2) is 0 Å².